The van der Waals surface area contributed by atoms with Gasteiger partial charge in [-0.3, -0.25) is 0 Å². The summed E-state index contributed by atoms with van der Waals surface area (Å²) < 4.78 is 0. The van der Waals surface area contributed by atoms with Gasteiger partial charge in [0.2, 0.25) is 0 Å². The Morgan fingerprint density at radius 3 is 2.74 bits per heavy atom. The molecule has 2 aliphatic rings. The average Bonchev–Trinajstić information content (AvgIpc) is 2.95. The maximum atomic E-state index is 9.91. The van der Waals surface area contributed by atoms with Crippen LogP contribution in [0, 0.1) is 18.8 Å². The van der Waals surface area contributed by atoms with Crippen molar-refractivity contribution in [1.29, 1.82) is 0 Å². The Hall–Kier alpha value is -0.510. The lowest BCUT2D eigenvalue weighted by atomic mass is 10.00. The maximum Gasteiger partial charge on any atom is 0.0583 e. The summed E-state index contributed by atoms with van der Waals surface area (Å²) in [5, 5.41) is 9.91. The molecule has 1 aliphatic heterocycles. The first-order valence-corrected chi connectivity index (χ1v) is 8.31. The molecule has 2 nitrogen and oxygen atoms in total. The fraction of sp³-hybridized carbons (Fsp3) is 0.625. The molecule has 1 aromatic rings. The molecule has 0 spiro atoms. The van der Waals surface area contributed by atoms with Crippen molar-refractivity contribution in [2.24, 2.45) is 11.8 Å². The first-order chi connectivity index (χ1) is 9.22. The topological polar surface area (TPSA) is 23.5 Å². The number of aliphatic hydroxyl groups is 1. The lowest BCUT2D eigenvalue weighted by molar-refractivity contribution is 0.125. The summed E-state index contributed by atoms with van der Waals surface area (Å²) in [6.07, 6.45) is 2.23. The molecule has 2 fully saturated rings. The van der Waals surface area contributed by atoms with Gasteiger partial charge in [-0.15, -0.1) is 11.8 Å². The van der Waals surface area contributed by atoms with Crippen LogP contribution in [0.25, 0.3) is 0 Å². The van der Waals surface area contributed by atoms with E-state index in [1.165, 1.54) is 23.4 Å². The molecule has 0 aromatic heterocycles. The van der Waals surface area contributed by atoms with Crippen molar-refractivity contribution in [3.63, 3.8) is 0 Å². The van der Waals surface area contributed by atoms with Crippen molar-refractivity contribution in [1.82, 2.24) is 4.90 Å². The van der Waals surface area contributed by atoms with Gasteiger partial charge in [-0.2, -0.15) is 0 Å². The highest BCUT2D eigenvalue weighted by atomic mass is 32.2. The van der Waals surface area contributed by atoms with E-state index in [0.29, 0.717) is 5.92 Å². The van der Waals surface area contributed by atoms with Crippen LogP contribution in [-0.4, -0.2) is 41.5 Å². The Morgan fingerprint density at radius 1 is 1.21 bits per heavy atom. The molecule has 0 amide bonds. The molecule has 1 saturated heterocycles. The predicted molar refractivity (Wildman–Crippen MR) is 80.6 cm³/mol. The van der Waals surface area contributed by atoms with E-state index in [2.05, 4.69) is 36.1 Å². The Kier molecular flexibility index (Phi) is 4.15. The summed E-state index contributed by atoms with van der Waals surface area (Å²) >= 11 is 1.94. The minimum atomic E-state index is -0.0280. The van der Waals surface area contributed by atoms with Crippen LogP contribution in [0.4, 0.5) is 0 Å². The van der Waals surface area contributed by atoms with E-state index in [9.17, 15) is 5.11 Å². The normalized spacial score (nSPS) is 30.7. The van der Waals surface area contributed by atoms with Crippen molar-refractivity contribution in [3.8, 4) is 0 Å². The number of aliphatic hydroxyl groups excluding tert-OH is 1. The van der Waals surface area contributed by atoms with Crippen LogP contribution in [0.1, 0.15) is 18.4 Å². The zero-order chi connectivity index (χ0) is 13.2. The van der Waals surface area contributed by atoms with Crippen LogP contribution in [0.15, 0.2) is 29.2 Å². The van der Waals surface area contributed by atoms with E-state index in [1.807, 2.05) is 11.8 Å². The molecule has 1 N–H and O–H groups in total. The largest absolute Gasteiger partial charge is 0.393 e. The molecule has 3 rings (SSSR count). The molecule has 3 atom stereocenters. The molecule has 3 heteroatoms. The van der Waals surface area contributed by atoms with Gasteiger partial charge in [-0.05, 0) is 37.8 Å². The molecule has 1 saturated carbocycles. The summed E-state index contributed by atoms with van der Waals surface area (Å²) in [5.74, 6) is 2.47. The number of aryl methyl sites for hydroxylation is 1. The second kappa shape index (κ2) is 5.86. The predicted octanol–water partition coefficient (Wildman–Crippen LogP) is 2.79. The van der Waals surface area contributed by atoms with E-state index < -0.39 is 0 Å². The summed E-state index contributed by atoms with van der Waals surface area (Å²) in [6, 6.07) is 8.78. The van der Waals surface area contributed by atoms with Gasteiger partial charge < -0.3 is 10.0 Å². The summed E-state index contributed by atoms with van der Waals surface area (Å²) in [7, 11) is 0. The van der Waals surface area contributed by atoms with Crippen LogP contribution in [-0.2, 0) is 0 Å². The van der Waals surface area contributed by atoms with Crippen LogP contribution in [0.2, 0.25) is 0 Å². The van der Waals surface area contributed by atoms with Crippen LogP contribution in [0.5, 0.6) is 0 Å². The zero-order valence-electron chi connectivity index (χ0n) is 11.6. The molecule has 0 bridgehead atoms. The SMILES string of the molecule is Cc1ccc(SCCN2CC3CCC(O)C3C2)cc1. The van der Waals surface area contributed by atoms with Gasteiger partial charge in [-0.1, -0.05) is 17.7 Å². The smallest absolute Gasteiger partial charge is 0.0583 e. The Labute approximate surface area is 120 Å². The highest BCUT2D eigenvalue weighted by molar-refractivity contribution is 7.99. The summed E-state index contributed by atoms with van der Waals surface area (Å²) in [4.78, 5) is 3.91. The summed E-state index contributed by atoms with van der Waals surface area (Å²) in [6.45, 7) is 5.59. The number of likely N-dealkylation sites (tertiary alicyclic amines) is 1. The third-order valence-electron chi connectivity index (χ3n) is 4.59. The molecule has 3 unspecified atom stereocenters. The van der Waals surface area contributed by atoms with E-state index in [4.69, 9.17) is 0 Å². The van der Waals surface area contributed by atoms with Crippen LogP contribution < -0.4 is 0 Å². The van der Waals surface area contributed by atoms with Crippen LogP contribution in [0.3, 0.4) is 0 Å². The minimum Gasteiger partial charge on any atom is -0.393 e. The quantitative estimate of drug-likeness (QED) is 0.856. The van der Waals surface area contributed by atoms with Gasteiger partial charge in [0.05, 0.1) is 6.10 Å². The minimum absolute atomic E-state index is 0.0280. The monoisotopic (exact) mass is 277 g/mol. The van der Waals surface area contributed by atoms with E-state index >= 15 is 0 Å². The maximum absolute atomic E-state index is 9.91. The molecule has 1 aliphatic carbocycles. The second-order valence-electron chi connectivity index (χ2n) is 5.99. The highest BCUT2D eigenvalue weighted by Crippen LogP contribution is 2.38. The van der Waals surface area contributed by atoms with Gasteiger partial charge in [0.25, 0.3) is 0 Å². The third-order valence-corrected chi connectivity index (χ3v) is 5.58. The van der Waals surface area contributed by atoms with Crippen molar-refractivity contribution < 1.29 is 5.11 Å². The van der Waals surface area contributed by atoms with Gasteiger partial charge in [0, 0.05) is 36.2 Å². The van der Waals surface area contributed by atoms with Gasteiger partial charge in [0.1, 0.15) is 0 Å². The van der Waals surface area contributed by atoms with Crippen molar-refractivity contribution in [2.45, 2.75) is 30.8 Å². The van der Waals surface area contributed by atoms with Gasteiger partial charge >= 0.3 is 0 Å². The van der Waals surface area contributed by atoms with Crippen molar-refractivity contribution >= 4 is 11.8 Å². The van der Waals surface area contributed by atoms with Crippen molar-refractivity contribution in [2.75, 3.05) is 25.4 Å². The number of benzene rings is 1. The number of hydrogen-bond acceptors (Lipinski definition) is 3. The van der Waals surface area contributed by atoms with Crippen LogP contribution >= 0.6 is 11.8 Å². The molecule has 1 aromatic carbocycles. The average molecular weight is 277 g/mol. The first-order valence-electron chi connectivity index (χ1n) is 7.32. The molecule has 0 radical (unpaired) electrons. The fourth-order valence-electron chi connectivity index (χ4n) is 3.44. The number of fused-ring (bicyclic) bond motifs is 1. The third kappa shape index (κ3) is 3.15. The van der Waals surface area contributed by atoms with E-state index in [-0.39, 0.29) is 6.10 Å². The second-order valence-corrected chi connectivity index (χ2v) is 7.16. The Bertz CT molecular complexity index is 419. The Morgan fingerprint density at radius 2 is 2.00 bits per heavy atom. The number of nitrogens with zero attached hydrogens (tertiary/aromatic N) is 1. The van der Waals surface area contributed by atoms with Crippen molar-refractivity contribution in [3.05, 3.63) is 29.8 Å². The number of hydrogen-bond donors (Lipinski definition) is 1. The number of rotatable bonds is 4. The van der Waals surface area contributed by atoms with Gasteiger partial charge in [0.15, 0.2) is 0 Å². The molecular formula is C16H23NOS. The van der Waals surface area contributed by atoms with E-state index in [1.54, 1.807) is 0 Å². The summed E-state index contributed by atoms with van der Waals surface area (Å²) in [5.41, 5.74) is 1.32. The molecule has 104 valence electrons. The van der Waals surface area contributed by atoms with Gasteiger partial charge in [-0.25, -0.2) is 0 Å². The molecular weight excluding hydrogens is 254 g/mol. The lowest BCUT2D eigenvalue weighted by Crippen LogP contribution is -2.26. The fourth-order valence-corrected chi connectivity index (χ4v) is 4.35. The first kappa shape index (κ1) is 13.5. The Balaban J connectivity index is 1.43. The highest BCUT2D eigenvalue weighted by Gasteiger charge is 2.41. The zero-order valence-corrected chi connectivity index (χ0v) is 12.4. The van der Waals surface area contributed by atoms with E-state index in [0.717, 1.165) is 31.2 Å². The molecule has 1 heterocycles. The number of thioether (sulfide) groups is 1. The molecule has 19 heavy (non-hydrogen) atoms. The standard InChI is InChI=1S/C16H23NOS/c1-12-2-5-14(6-3-12)19-9-8-17-10-13-4-7-16(18)15(13)11-17/h2-3,5-6,13,15-16,18H,4,7-11H2,1H3. The lowest BCUT2D eigenvalue weighted by Gasteiger charge is -2.17.